The third-order valence-corrected chi connectivity index (χ3v) is 4.25. The molecule has 0 saturated carbocycles. The zero-order valence-electron chi connectivity index (χ0n) is 11.6. The van der Waals surface area contributed by atoms with Crippen LogP contribution in [0.15, 0.2) is 41.9 Å². The number of rotatable bonds is 4. The van der Waals surface area contributed by atoms with Gasteiger partial charge >= 0.3 is 0 Å². The van der Waals surface area contributed by atoms with E-state index in [1.54, 1.807) is 11.3 Å². The number of benzene rings is 1. The predicted molar refractivity (Wildman–Crippen MR) is 84.9 cm³/mol. The van der Waals surface area contributed by atoms with E-state index < -0.39 is 0 Å². The van der Waals surface area contributed by atoms with E-state index in [2.05, 4.69) is 35.6 Å². The number of thiazole rings is 1. The molecule has 3 aromatic rings. The highest BCUT2D eigenvalue weighted by Gasteiger charge is 2.12. The van der Waals surface area contributed by atoms with E-state index in [0.29, 0.717) is 0 Å². The van der Waals surface area contributed by atoms with Crippen LogP contribution in [0.4, 0.5) is 0 Å². The van der Waals surface area contributed by atoms with E-state index in [1.165, 1.54) is 0 Å². The van der Waals surface area contributed by atoms with E-state index in [-0.39, 0.29) is 6.04 Å². The van der Waals surface area contributed by atoms with Crippen LogP contribution in [-0.4, -0.2) is 16.5 Å². The molecule has 0 aliphatic heterocycles. The molecule has 0 spiro atoms. The molecule has 0 bridgehead atoms. The second kappa shape index (κ2) is 5.69. The molecule has 1 N–H and O–H groups in total. The Balaban J connectivity index is 2.03. The zero-order valence-corrected chi connectivity index (χ0v) is 12.4. The van der Waals surface area contributed by atoms with Crippen molar-refractivity contribution in [1.29, 1.82) is 0 Å². The molecule has 1 atom stereocenters. The maximum atomic E-state index is 4.78. The van der Waals surface area contributed by atoms with Gasteiger partial charge in [-0.1, -0.05) is 25.1 Å². The Morgan fingerprint density at radius 3 is 2.95 bits per heavy atom. The van der Waals surface area contributed by atoms with Gasteiger partial charge in [-0.25, -0.2) is 4.98 Å². The summed E-state index contributed by atoms with van der Waals surface area (Å²) in [5.74, 6) is 0. The molecule has 4 heteroatoms. The predicted octanol–water partition coefficient (Wildman–Crippen LogP) is 4.03. The van der Waals surface area contributed by atoms with Gasteiger partial charge in [0.15, 0.2) is 0 Å². The van der Waals surface area contributed by atoms with Gasteiger partial charge in [0, 0.05) is 28.6 Å². The van der Waals surface area contributed by atoms with Crippen molar-refractivity contribution < 1.29 is 0 Å². The average Bonchev–Trinajstić information content (AvgIpc) is 2.97. The van der Waals surface area contributed by atoms with E-state index in [1.807, 2.05) is 30.5 Å². The summed E-state index contributed by atoms with van der Waals surface area (Å²) < 4.78 is 0. The first-order valence-electron chi connectivity index (χ1n) is 6.82. The first-order chi connectivity index (χ1) is 9.79. The van der Waals surface area contributed by atoms with Gasteiger partial charge < -0.3 is 5.32 Å². The Bertz CT molecular complexity index is 715. The summed E-state index contributed by atoms with van der Waals surface area (Å²) in [6.45, 7) is 5.21. The maximum absolute atomic E-state index is 4.78. The summed E-state index contributed by atoms with van der Waals surface area (Å²) in [5, 5.41) is 7.75. The monoisotopic (exact) mass is 283 g/mol. The number of nitrogens with one attached hydrogen (secondary N) is 1. The SMILES string of the molecule is CCNC(C)c1csc(-c2ccnc3ccccc23)n1. The fourth-order valence-electron chi connectivity index (χ4n) is 2.30. The minimum atomic E-state index is 0.290. The third kappa shape index (κ3) is 2.44. The van der Waals surface area contributed by atoms with Crippen molar-refractivity contribution in [2.75, 3.05) is 6.54 Å². The van der Waals surface area contributed by atoms with Crippen molar-refractivity contribution in [3.63, 3.8) is 0 Å². The van der Waals surface area contributed by atoms with Crippen LogP contribution in [0.5, 0.6) is 0 Å². The van der Waals surface area contributed by atoms with Crippen molar-refractivity contribution in [1.82, 2.24) is 15.3 Å². The molecule has 0 amide bonds. The molecule has 20 heavy (non-hydrogen) atoms. The van der Waals surface area contributed by atoms with Crippen LogP contribution in [0.25, 0.3) is 21.5 Å². The normalized spacial score (nSPS) is 12.7. The first-order valence-corrected chi connectivity index (χ1v) is 7.70. The molecule has 0 radical (unpaired) electrons. The molecule has 2 aromatic heterocycles. The highest BCUT2D eigenvalue weighted by molar-refractivity contribution is 7.13. The number of para-hydroxylation sites is 1. The lowest BCUT2D eigenvalue weighted by Gasteiger charge is -2.08. The Hall–Kier alpha value is -1.78. The third-order valence-electron chi connectivity index (χ3n) is 3.36. The number of fused-ring (bicyclic) bond motifs is 1. The number of nitrogens with zero attached hydrogens (tertiary/aromatic N) is 2. The van der Waals surface area contributed by atoms with Crippen LogP contribution in [0.2, 0.25) is 0 Å². The van der Waals surface area contributed by atoms with E-state index in [4.69, 9.17) is 4.98 Å². The van der Waals surface area contributed by atoms with Crippen LogP contribution in [0.3, 0.4) is 0 Å². The van der Waals surface area contributed by atoms with E-state index in [9.17, 15) is 0 Å². The van der Waals surface area contributed by atoms with Gasteiger partial charge in [-0.2, -0.15) is 0 Å². The van der Waals surface area contributed by atoms with Crippen LogP contribution in [0.1, 0.15) is 25.6 Å². The Morgan fingerprint density at radius 1 is 1.25 bits per heavy atom. The fraction of sp³-hybridized carbons (Fsp3) is 0.250. The molecular formula is C16H17N3S. The lowest BCUT2D eigenvalue weighted by atomic mass is 10.1. The van der Waals surface area contributed by atoms with Crippen molar-refractivity contribution in [3.8, 4) is 10.6 Å². The number of hydrogen-bond acceptors (Lipinski definition) is 4. The van der Waals surface area contributed by atoms with Crippen LogP contribution in [-0.2, 0) is 0 Å². The molecule has 0 aliphatic rings. The highest BCUT2D eigenvalue weighted by atomic mass is 32.1. The Kier molecular flexibility index (Phi) is 3.76. The van der Waals surface area contributed by atoms with Gasteiger partial charge in [0.2, 0.25) is 0 Å². The zero-order chi connectivity index (χ0) is 13.9. The second-order valence-corrected chi connectivity index (χ2v) is 5.59. The molecule has 1 unspecified atom stereocenters. The summed E-state index contributed by atoms with van der Waals surface area (Å²) in [6.07, 6.45) is 1.85. The molecule has 0 aliphatic carbocycles. The summed E-state index contributed by atoms with van der Waals surface area (Å²) in [7, 11) is 0. The molecule has 102 valence electrons. The van der Waals surface area contributed by atoms with Crippen molar-refractivity contribution in [2.45, 2.75) is 19.9 Å². The van der Waals surface area contributed by atoms with Crippen LogP contribution in [0, 0.1) is 0 Å². The summed E-state index contributed by atoms with van der Waals surface area (Å²) in [6, 6.07) is 10.5. The topological polar surface area (TPSA) is 37.8 Å². The maximum Gasteiger partial charge on any atom is 0.124 e. The smallest absolute Gasteiger partial charge is 0.124 e. The molecular weight excluding hydrogens is 266 g/mol. The molecule has 1 aromatic carbocycles. The van der Waals surface area contributed by atoms with Gasteiger partial charge in [-0.15, -0.1) is 11.3 Å². The Morgan fingerprint density at radius 2 is 2.10 bits per heavy atom. The lowest BCUT2D eigenvalue weighted by Crippen LogP contribution is -2.17. The van der Waals surface area contributed by atoms with Crippen LogP contribution < -0.4 is 5.32 Å². The molecule has 2 heterocycles. The average molecular weight is 283 g/mol. The molecule has 0 fully saturated rings. The van der Waals surface area contributed by atoms with Crippen molar-refractivity contribution in [3.05, 3.63) is 47.6 Å². The summed E-state index contributed by atoms with van der Waals surface area (Å²) in [5.41, 5.74) is 3.28. The number of hydrogen-bond donors (Lipinski definition) is 1. The minimum absolute atomic E-state index is 0.290. The summed E-state index contributed by atoms with van der Waals surface area (Å²) in [4.78, 5) is 9.18. The summed E-state index contributed by atoms with van der Waals surface area (Å²) >= 11 is 1.69. The number of pyridine rings is 1. The van der Waals surface area contributed by atoms with Gasteiger partial charge in [-0.3, -0.25) is 4.98 Å². The molecule has 3 rings (SSSR count). The lowest BCUT2D eigenvalue weighted by molar-refractivity contribution is 0.587. The first kappa shape index (κ1) is 13.2. The second-order valence-electron chi connectivity index (χ2n) is 4.73. The van der Waals surface area contributed by atoms with Gasteiger partial charge in [-0.05, 0) is 25.6 Å². The van der Waals surface area contributed by atoms with Gasteiger partial charge in [0.05, 0.1) is 11.2 Å². The van der Waals surface area contributed by atoms with E-state index >= 15 is 0 Å². The van der Waals surface area contributed by atoms with Gasteiger partial charge in [0.1, 0.15) is 5.01 Å². The Labute approximate surface area is 122 Å². The van der Waals surface area contributed by atoms with Crippen molar-refractivity contribution >= 4 is 22.2 Å². The highest BCUT2D eigenvalue weighted by Crippen LogP contribution is 2.31. The standard InChI is InChI=1S/C16H17N3S/c1-3-17-11(2)15-10-20-16(19-15)13-8-9-18-14-7-5-4-6-12(13)14/h4-11,17H,3H2,1-2H3. The van der Waals surface area contributed by atoms with E-state index in [0.717, 1.165) is 33.7 Å². The quantitative estimate of drug-likeness (QED) is 0.785. The van der Waals surface area contributed by atoms with Crippen LogP contribution >= 0.6 is 11.3 Å². The number of aromatic nitrogens is 2. The van der Waals surface area contributed by atoms with Gasteiger partial charge in [0.25, 0.3) is 0 Å². The molecule has 0 saturated heterocycles. The molecule has 3 nitrogen and oxygen atoms in total. The fourth-order valence-corrected chi connectivity index (χ4v) is 3.25. The largest absolute Gasteiger partial charge is 0.309 e. The minimum Gasteiger partial charge on any atom is -0.309 e. The van der Waals surface area contributed by atoms with Crippen molar-refractivity contribution in [2.24, 2.45) is 0 Å².